The monoisotopic (exact) mass is 532 g/mol. The number of halogens is 1. The first kappa shape index (κ1) is 30.7. The third-order valence-corrected chi connectivity index (χ3v) is 6.74. The van der Waals surface area contributed by atoms with Gasteiger partial charge in [0.25, 0.3) is 0 Å². The van der Waals surface area contributed by atoms with Gasteiger partial charge in [-0.1, -0.05) is 60.7 Å². The van der Waals surface area contributed by atoms with Crippen LogP contribution in [0.1, 0.15) is 49.7 Å². The molecule has 2 fully saturated rings. The van der Waals surface area contributed by atoms with Crippen LogP contribution in [0.3, 0.4) is 0 Å². The molecule has 2 unspecified atom stereocenters. The standard InChI is InChI=1S/2C14H20N2O2.ClH/c2*15-12(10-11-6-2-1-3-7-11)14(18)16-9-5-4-8-13(16)17;/h2*1-3,6-7,12-13,17H,4-5,8-10,15H2;1H/t2*12-,13?;/m00./s1. The number of aliphatic hydroxyl groups excluding tert-OH is 2. The number of rotatable bonds is 6. The Hall–Kier alpha value is -2.49. The van der Waals surface area contributed by atoms with Gasteiger partial charge in [-0.15, -0.1) is 12.4 Å². The van der Waals surface area contributed by atoms with E-state index in [0.717, 1.165) is 36.8 Å². The van der Waals surface area contributed by atoms with Crippen molar-refractivity contribution in [1.29, 1.82) is 0 Å². The fraction of sp³-hybridized carbons (Fsp3) is 0.500. The van der Waals surface area contributed by atoms with Gasteiger partial charge in [-0.05, 0) is 62.5 Å². The highest BCUT2D eigenvalue weighted by Gasteiger charge is 2.29. The highest BCUT2D eigenvalue weighted by molar-refractivity contribution is 5.85. The van der Waals surface area contributed by atoms with Gasteiger partial charge in [-0.2, -0.15) is 0 Å². The number of aliphatic hydroxyl groups is 2. The van der Waals surface area contributed by atoms with Crippen molar-refractivity contribution in [2.75, 3.05) is 13.1 Å². The van der Waals surface area contributed by atoms with E-state index in [0.29, 0.717) is 38.8 Å². The molecule has 0 spiro atoms. The number of piperidine rings is 2. The number of nitrogens with two attached hydrogens (primary N) is 2. The van der Waals surface area contributed by atoms with E-state index >= 15 is 0 Å². The maximum atomic E-state index is 12.2. The molecule has 4 atom stereocenters. The average molecular weight is 533 g/mol. The maximum Gasteiger partial charge on any atom is 0.241 e. The van der Waals surface area contributed by atoms with Crippen LogP contribution in [0.5, 0.6) is 0 Å². The lowest BCUT2D eigenvalue weighted by Gasteiger charge is -2.33. The van der Waals surface area contributed by atoms with Crippen LogP contribution in [-0.2, 0) is 22.4 Å². The van der Waals surface area contributed by atoms with Crippen LogP contribution in [0, 0.1) is 0 Å². The first-order chi connectivity index (χ1) is 17.4. The first-order valence-corrected chi connectivity index (χ1v) is 12.9. The Morgan fingerprint density at radius 2 is 1.05 bits per heavy atom. The van der Waals surface area contributed by atoms with Crippen molar-refractivity contribution in [2.24, 2.45) is 11.5 Å². The molecule has 0 aromatic heterocycles. The summed E-state index contributed by atoms with van der Waals surface area (Å²) in [5, 5.41) is 19.6. The third kappa shape index (κ3) is 9.39. The quantitative estimate of drug-likeness (QED) is 0.451. The smallest absolute Gasteiger partial charge is 0.241 e. The minimum Gasteiger partial charge on any atom is -0.374 e. The predicted octanol–water partition coefficient (Wildman–Crippen LogP) is 2.20. The molecule has 0 aliphatic carbocycles. The van der Waals surface area contributed by atoms with E-state index < -0.39 is 24.5 Å². The maximum absolute atomic E-state index is 12.2. The average Bonchev–Trinajstić information content (AvgIpc) is 2.90. The molecule has 8 nitrogen and oxygen atoms in total. The summed E-state index contributed by atoms with van der Waals surface area (Å²) in [6.07, 6.45) is 4.86. The lowest BCUT2D eigenvalue weighted by Crippen LogP contribution is -2.51. The van der Waals surface area contributed by atoms with Gasteiger partial charge < -0.3 is 31.5 Å². The Balaban J connectivity index is 0.000000253. The van der Waals surface area contributed by atoms with Crippen molar-refractivity contribution >= 4 is 24.2 Å². The molecule has 204 valence electrons. The molecule has 0 radical (unpaired) electrons. The molecule has 2 saturated heterocycles. The van der Waals surface area contributed by atoms with E-state index in [2.05, 4.69) is 0 Å². The third-order valence-electron chi connectivity index (χ3n) is 6.74. The number of hydrogen-bond acceptors (Lipinski definition) is 6. The number of carbonyl (C=O) groups excluding carboxylic acids is 2. The molecular formula is C28H41ClN4O4. The summed E-state index contributed by atoms with van der Waals surface area (Å²) < 4.78 is 0. The predicted molar refractivity (Wildman–Crippen MR) is 147 cm³/mol. The van der Waals surface area contributed by atoms with E-state index in [1.54, 1.807) is 0 Å². The number of benzene rings is 2. The molecule has 0 bridgehead atoms. The van der Waals surface area contributed by atoms with Gasteiger partial charge in [-0.25, -0.2) is 0 Å². The normalized spacial score (nSPS) is 21.1. The topological polar surface area (TPSA) is 133 Å². The van der Waals surface area contributed by atoms with Gasteiger partial charge in [0.2, 0.25) is 11.8 Å². The Morgan fingerprint density at radius 1 is 0.703 bits per heavy atom. The lowest BCUT2D eigenvalue weighted by molar-refractivity contribution is -0.146. The number of carbonyl (C=O) groups is 2. The lowest BCUT2D eigenvalue weighted by atomic mass is 10.0. The molecule has 2 amide bonds. The second kappa shape index (κ2) is 15.7. The summed E-state index contributed by atoms with van der Waals surface area (Å²) in [6, 6.07) is 18.3. The van der Waals surface area contributed by atoms with Gasteiger partial charge >= 0.3 is 0 Å². The van der Waals surface area contributed by atoms with Crippen LogP contribution in [0.25, 0.3) is 0 Å². The van der Waals surface area contributed by atoms with Crippen LogP contribution in [0.15, 0.2) is 60.7 Å². The Labute approximate surface area is 226 Å². The Bertz CT molecular complexity index is 872. The van der Waals surface area contributed by atoms with Crippen LogP contribution < -0.4 is 11.5 Å². The van der Waals surface area contributed by atoms with Crippen molar-refractivity contribution in [3.63, 3.8) is 0 Å². The van der Waals surface area contributed by atoms with Gasteiger partial charge in [0, 0.05) is 13.1 Å². The zero-order valence-electron chi connectivity index (χ0n) is 21.3. The largest absolute Gasteiger partial charge is 0.374 e. The van der Waals surface area contributed by atoms with Crippen molar-refractivity contribution < 1.29 is 19.8 Å². The number of amides is 2. The summed E-state index contributed by atoms with van der Waals surface area (Å²) >= 11 is 0. The molecule has 4 rings (SSSR count). The van der Waals surface area contributed by atoms with Crippen molar-refractivity contribution in [1.82, 2.24) is 9.80 Å². The van der Waals surface area contributed by atoms with Gasteiger partial charge in [-0.3, -0.25) is 9.59 Å². The molecule has 2 heterocycles. The van der Waals surface area contributed by atoms with E-state index in [1.807, 2.05) is 60.7 Å². The second-order valence-electron chi connectivity index (χ2n) is 9.61. The van der Waals surface area contributed by atoms with Crippen molar-refractivity contribution in [2.45, 2.75) is 75.9 Å². The minimum atomic E-state index is -0.659. The molecular weight excluding hydrogens is 492 g/mol. The fourth-order valence-electron chi connectivity index (χ4n) is 4.68. The summed E-state index contributed by atoms with van der Waals surface area (Å²) in [4.78, 5) is 27.3. The van der Waals surface area contributed by atoms with Gasteiger partial charge in [0.1, 0.15) is 12.5 Å². The molecule has 2 aromatic rings. The zero-order chi connectivity index (χ0) is 25.9. The number of likely N-dealkylation sites (tertiary alicyclic amines) is 2. The Morgan fingerprint density at radius 3 is 1.38 bits per heavy atom. The van der Waals surface area contributed by atoms with E-state index in [9.17, 15) is 19.8 Å². The first-order valence-electron chi connectivity index (χ1n) is 12.9. The zero-order valence-corrected chi connectivity index (χ0v) is 22.1. The number of nitrogens with zero attached hydrogens (tertiary/aromatic N) is 2. The molecule has 0 saturated carbocycles. The molecule has 6 N–H and O–H groups in total. The van der Waals surface area contributed by atoms with Gasteiger partial charge in [0.15, 0.2) is 0 Å². The van der Waals surface area contributed by atoms with E-state index in [1.165, 1.54) is 9.80 Å². The molecule has 2 aliphatic heterocycles. The van der Waals surface area contributed by atoms with E-state index in [-0.39, 0.29) is 24.2 Å². The number of hydrogen-bond donors (Lipinski definition) is 4. The van der Waals surface area contributed by atoms with E-state index in [4.69, 9.17) is 11.5 Å². The summed E-state index contributed by atoms with van der Waals surface area (Å²) in [5.74, 6) is -0.294. The highest BCUT2D eigenvalue weighted by Crippen LogP contribution is 2.17. The summed E-state index contributed by atoms with van der Waals surface area (Å²) in [5.41, 5.74) is 14.0. The molecule has 9 heteroatoms. The second-order valence-corrected chi connectivity index (χ2v) is 9.61. The highest BCUT2D eigenvalue weighted by atomic mass is 35.5. The summed E-state index contributed by atoms with van der Waals surface area (Å²) in [6.45, 7) is 1.23. The minimum absolute atomic E-state index is 0. The molecule has 37 heavy (non-hydrogen) atoms. The summed E-state index contributed by atoms with van der Waals surface area (Å²) in [7, 11) is 0. The Kier molecular flexibility index (Phi) is 13.0. The van der Waals surface area contributed by atoms with Crippen molar-refractivity contribution in [3.05, 3.63) is 71.8 Å². The molecule has 2 aromatic carbocycles. The SMILES string of the molecule is Cl.N[C@@H](Cc1ccccc1)C(=O)N1CCCCC1O.N[C@@H](Cc1ccccc1)C(=O)N1CCCCC1O. The van der Waals surface area contributed by atoms with Crippen LogP contribution in [0.2, 0.25) is 0 Å². The van der Waals surface area contributed by atoms with Crippen molar-refractivity contribution in [3.8, 4) is 0 Å². The molecule has 2 aliphatic rings. The van der Waals surface area contributed by atoms with Crippen LogP contribution in [-0.4, -0.2) is 69.5 Å². The van der Waals surface area contributed by atoms with Crippen LogP contribution in [0.4, 0.5) is 0 Å². The van der Waals surface area contributed by atoms with Gasteiger partial charge in [0.05, 0.1) is 12.1 Å². The van der Waals surface area contributed by atoms with Crippen LogP contribution >= 0.6 is 12.4 Å². The fourth-order valence-corrected chi connectivity index (χ4v) is 4.68.